The van der Waals surface area contributed by atoms with E-state index < -0.39 is 6.10 Å². The molecule has 62 heavy (non-hydrogen) atoms. The number of esters is 3. The summed E-state index contributed by atoms with van der Waals surface area (Å²) in [5.74, 6) is 1.72. The molecule has 0 saturated carbocycles. The van der Waals surface area contributed by atoms with E-state index in [1.165, 1.54) is 186 Å². The molecule has 0 rings (SSSR count). The Morgan fingerprint density at radius 2 is 0.516 bits per heavy atom. The number of unbranched alkanes of at least 4 members (excludes halogenated alkanes) is 29. The first-order chi connectivity index (χ1) is 30.2. The van der Waals surface area contributed by atoms with E-state index in [4.69, 9.17) is 14.2 Å². The first-order valence-corrected chi connectivity index (χ1v) is 27.7. The number of carbonyl (C=O) groups is 3. The van der Waals surface area contributed by atoms with Gasteiger partial charge < -0.3 is 14.2 Å². The normalized spacial score (nSPS) is 13.5. The molecule has 368 valence electrons. The molecule has 6 heteroatoms. The zero-order chi connectivity index (χ0) is 45.6. The zero-order valence-electron chi connectivity index (χ0n) is 42.7. The summed E-state index contributed by atoms with van der Waals surface area (Å²) in [5.41, 5.74) is 0. The van der Waals surface area contributed by atoms with Gasteiger partial charge in [-0.15, -0.1) is 0 Å². The van der Waals surface area contributed by atoms with Gasteiger partial charge in [0.15, 0.2) is 6.10 Å². The van der Waals surface area contributed by atoms with Crippen molar-refractivity contribution in [1.82, 2.24) is 0 Å². The van der Waals surface area contributed by atoms with Crippen molar-refractivity contribution in [3.05, 3.63) is 0 Å². The van der Waals surface area contributed by atoms with Gasteiger partial charge in [-0.25, -0.2) is 0 Å². The molecular weight excluding hydrogens is 769 g/mol. The summed E-state index contributed by atoms with van der Waals surface area (Å²) in [5, 5.41) is 0. The third-order valence-corrected chi connectivity index (χ3v) is 13.7. The second kappa shape index (κ2) is 47.4. The van der Waals surface area contributed by atoms with Crippen molar-refractivity contribution in [3.63, 3.8) is 0 Å². The lowest BCUT2D eigenvalue weighted by Crippen LogP contribution is -2.30. The number of ether oxygens (including phenoxy) is 3. The Kier molecular flexibility index (Phi) is 46.2. The van der Waals surface area contributed by atoms with E-state index in [0.717, 1.165) is 75.5 Å². The molecule has 0 N–H and O–H groups in total. The van der Waals surface area contributed by atoms with Gasteiger partial charge in [0.2, 0.25) is 0 Å². The minimum absolute atomic E-state index is 0.0655. The lowest BCUT2D eigenvalue weighted by Gasteiger charge is -2.18. The molecule has 0 amide bonds. The Morgan fingerprint density at radius 1 is 0.306 bits per heavy atom. The van der Waals surface area contributed by atoms with Crippen LogP contribution in [0, 0.1) is 17.8 Å². The second-order valence-corrected chi connectivity index (χ2v) is 19.9. The number of hydrogen-bond acceptors (Lipinski definition) is 6. The molecule has 4 atom stereocenters. The summed E-state index contributed by atoms with van der Waals surface area (Å²) >= 11 is 0. The van der Waals surface area contributed by atoms with E-state index >= 15 is 0 Å². The maximum Gasteiger partial charge on any atom is 0.306 e. The van der Waals surface area contributed by atoms with E-state index in [1.54, 1.807) is 0 Å². The van der Waals surface area contributed by atoms with Crippen LogP contribution in [0.1, 0.15) is 305 Å². The fourth-order valence-electron chi connectivity index (χ4n) is 8.37. The van der Waals surface area contributed by atoms with Crippen molar-refractivity contribution in [2.24, 2.45) is 17.8 Å². The zero-order valence-corrected chi connectivity index (χ0v) is 42.7. The van der Waals surface area contributed by atoms with Gasteiger partial charge in [-0.05, 0) is 37.0 Å². The van der Waals surface area contributed by atoms with Gasteiger partial charge in [0, 0.05) is 19.3 Å². The van der Waals surface area contributed by atoms with Gasteiger partial charge in [0.25, 0.3) is 0 Å². The van der Waals surface area contributed by atoms with Gasteiger partial charge in [-0.2, -0.15) is 0 Å². The molecule has 0 spiro atoms. The Hall–Kier alpha value is -1.59. The van der Waals surface area contributed by atoms with Gasteiger partial charge in [-0.1, -0.05) is 266 Å². The minimum atomic E-state index is -0.764. The van der Waals surface area contributed by atoms with Crippen LogP contribution in [0.5, 0.6) is 0 Å². The van der Waals surface area contributed by atoms with Crippen LogP contribution >= 0.6 is 0 Å². The SMILES string of the molecule is CCC(C)CCCCCCCCCCCCCCCCCCCCC(=O)O[C@@H](COC(=O)CCCCCCCCCCC(C)CC)COC(=O)CCCCCCCCC(C)CC. The summed E-state index contributed by atoms with van der Waals surface area (Å²) in [6, 6.07) is 0. The van der Waals surface area contributed by atoms with E-state index in [-0.39, 0.29) is 31.1 Å². The molecule has 6 nitrogen and oxygen atoms in total. The minimum Gasteiger partial charge on any atom is -0.462 e. The quantitative estimate of drug-likeness (QED) is 0.0344. The van der Waals surface area contributed by atoms with Crippen LogP contribution < -0.4 is 0 Å². The molecule has 0 aliphatic heterocycles. The summed E-state index contributed by atoms with van der Waals surface area (Å²) in [6.45, 7) is 13.8. The average molecular weight is 877 g/mol. The molecule has 0 heterocycles. The smallest absolute Gasteiger partial charge is 0.306 e. The first-order valence-electron chi connectivity index (χ1n) is 27.7. The summed E-state index contributed by atoms with van der Waals surface area (Å²) in [6.07, 6.45) is 48.1. The van der Waals surface area contributed by atoms with Gasteiger partial charge in [0.05, 0.1) is 0 Å². The van der Waals surface area contributed by atoms with Crippen molar-refractivity contribution in [2.45, 2.75) is 311 Å². The van der Waals surface area contributed by atoms with Crippen LogP contribution in [0.25, 0.3) is 0 Å². The predicted molar refractivity (Wildman–Crippen MR) is 266 cm³/mol. The van der Waals surface area contributed by atoms with Gasteiger partial charge in [0.1, 0.15) is 13.2 Å². The number of hydrogen-bond donors (Lipinski definition) is 0. The van der Waals surface area contributed by atoms with Crippen molar-refractivity contribution >= 4 is 17.9 Å². The molecule has 0 fully saturated rings. The van der Waals surface area contributed by atoms with E-state index in [9.17, 15) is 14.4 Å². The van der Waals surface area contributed by atoms with Crippen molar-refractivity contribution in [1.29, 1.82) is 0 Å². The monoisotopic (exact) mass is 877 g/mol. The molecule has 0 aliphatic carbocycles. The third-order valence-electron chi connectivity index (χ3n) is 13.7. The fourth-order valence-corrected chi connectivity index (χ4v) is 8.37. The molecule has 0 bridgehead atoms. The Morgan fingerprint density at radius 3 is 0.758 bits per heavy atom. The maximum atomic E-state index is 12.8. The van der Waals surface area contributed by atoms with Gasteiger partial charge in [-0.3, -0.25) is 14.4 Å². The largest absolute Gasteiger partial charge is 0.462 e. The number of carbonyl (C=O) groups excluding carboxylic acids is 3. The van der Waals surface area contributed by atoms with Crippen LogP contribution in [0.3, 0.4) is 0 Å². The molecule has 0 aromatic rings. The fraction of sp³-hybridized carbons (Fsp3) is 0.946. The summed E-state index contributed by atoms with van der Waals surface area (Å²) in [7, 11) is 0. The highest BCUT2D eigenvalue weighted by Gasteiger charge is 2.19. The van der Waals surface area contributed by atoms with Crippen LogP contribution in [-0.4, -0.2) is 37.2 Å². The molecular formula is C56H108O6. The second-order valence-electron chi connectivity index (χ2n) is 19.9. The lowest BCUT2D eigenvalue weighted by molar-refractivity contribution is -0.167. The highest BCUT2D eigenvalue weighted by molar-refractivity contribution is 5.71. The van der Waals surface area contributed by atoms with E-state index in [0.29, 0.717) is 19.3 Å². The molecule has 0 aromatic carbocycles. The topological polar surface area (TPSA) is 78.9 Å². The molecule has 0 aliphatic rings. The Balaban J connectivity index is 4.22. The average Bonchev–Trinajstić information content (AvgIpc) is 3.27. The lowest BCUT2D eigenvalue weighted by atomic mass is 9.99. The van der Waals surface area contributed by atoms with Gasteiger partial charge >= 0.3 is 17.9 Å². The Labute approximate surface area is 387 Å². The summed E-state index contributed by atoms with van der Waals surface area (Å²) in [4.78, 5) is 38.0. The van der Waals surface area contributed by atoms with Crippen LogP contribution in [0.15, 0.2) is 0 Å². The summed E-state index contributed by atoms with van der Waals surface area (Å²) < 4.78 is 16.8. The first kappa shape index (κ1) is 60.4. The molecule has 0 radical (unpaired) electrons. The molecule has 0 aromatic heterocycles. The van der Waals surface area contributed by atoms with E-state index in [1.807, 2.05) is 0 Å². The highest BCUT2D eigenvalue weighted by Crippen LogP contribution is 2.19. The van der Waals surface area contributed by atoms with Crippen molar-refractivity contribution in [2.75, 3.05) is 13.2 Å². The highest BCUT2D eigenvalue weighted by atomic mass is 16.6. The van der Waals surface area contributed by atoms with Crippen molar-refractivity contribution < 1.29 is 28.6 Å². The molecule has 3 unspecified atom stereocenters. The molecule has 0 saturated heterocycles. The van der Waals surface area contributed by atoms with E-state index in [2.05, 4.69) is 41.5 Å². The standard InChI is InChI=1S/C56H108O6/c1-7-50(4)42-36-30-24-20-18-16-14-12-10-11-13-15-17-19-21-27-35-41-47-56(59)62-53(49-61-55(58)46-40-34-29-28-32-38-44-52(6)9-3)48-60-54(57)45-39-33-26-23-22-25-31-37-43-51(5)8-2/h50-53H,7-49H2,1-6H3/t50?,51?,52?,53-/m0/s1. The third kappa shape index (κ3) is 45.0. The Bertz CT molecular complexity index is 966. The van der Waals surface area contributed by atoms with Crippen LogP contribution in [0.2, 0.25) is 0 Å². The van der Waals surface area contributed by atoms with Crippen molar-refractivity contribution in [3.8, 4) is 0 Å². The van der Waals surface area contributed by atoms with Crippen LogP contribution in [-0.2, 0) is 28.6 Å². The van der Waals surface area contributed by atoms with Crippen LogP contribution in [0.4, 0.5) is 0 Å². The predicted octanol–water partition coefficient (Wildman–Crippen LogP) is 17.9. The number of rotatable bonds is 49. The maximum absolute atomic E-state index is 12.8.